The first kappa shape index (κ1) is 10.2. The summed E-state index contributed by atoms with van der Waals surface area (Å²) in [6, 6.07) is 0. The van der Waals surface area contributed by atoms with Gasteiger partial charge in [-0.1, -0.05) is 32.9 Å². The Morgan fingerprint density at radius 2 is 1.93 bits per heavy atom. The molecule has 0 amide bonds. The number of allylic oxidation sites excluding steroid dienone is 1. The van der Waals surface area contributed by atoms with E-state index in [1.54, 1.807) is 0 Å². The minimum Gasteiger partial charge on any atom is -0.386 e. The second-order valence-electron chi connectivity index (χ2n) is 6.10. The second kappa shape index (κ2) is 3.10. The Kier molecular flexibility index (Phi) is 2.26. The minimum absolute atomic E-state index is 0.293. The summed E-state index contributed by atoms with van der Waals surface area (Å²) in [6.07, 6.45) is 8.62. The van der Waals surface area contributed by atoms with E-state index in [0.29, 0.717) is 5.41 Å². The van der Waals surface area contributed by atoms with Crippen molar-refractivity contribution in [3.63, 3.8) is 0 Å². The zero-order valence-corrected chi connectivity index (χ0v) is 9.59. The van der Waals surface area contributed by atoms with Crippen LogP contribution < -0.4 is 0 Å². The Bertz CT molecular complexity index is 254. The predicted molar refractivity (Wildman–Crippen MR) is 59.0 cm³/mol. The van der Waals surface area contributed by atoms with Crippen molar-refractivity contribution in [1.82, 2.24) is 0 Å². The summed E-state index contributed by atoms with van der Waals surface area (Å²) < 4.78 is 0. The Hall–Kier alpha value is -0.300. The first-order valence-electron chi connectivity index (χ1n) is 5.83. The molecular formula is C13H22O. The highest BCUT2D eigenvalue weighted by Gasteiger charge is 2.41. The fourth-order valence-electron chi connectivity index (χ4n) is 2.39. The van der Waals surface area contributed by atoms with Gasteiger partial charge in [0.25, 0.3) is 0 Å². The van der Waals surface area contributed by atoms with E-state index in [0.717, 1.165) is 31.1 Å². The summed E-state index contributed by atoms with van der Waals surface area (Å²) in [5.74, 6) is 1.63. The van der Waals surface area contributed by atoms with Gasteiger partial charge in [-0.05, 0) is 42.9 Å². The summed E-state index contributed by atoms with van der Waals surface area (Å²) in [5, 5.41) is 10.3. The number of aliphatic hydroxyl groups is 1. The Balaban J connectivity index is 1.97. The summed E-state index contributed by atoms with van der Waals surface area (Å²) in [5.41, 5.74) is -0.188. The topological polar surface area (TPSA) is 20.2 Å². The van der Waals surface area contributed by atoms with Crippen LogP contribution in [-0.4, -0.2) is 10.7 Å². The molecule has 0 aliphatic heterocycles. The predicted octanol–water partition coefficient (Wildman–Crippen LogP) is 3.14. The smallest absolute Gasteiger partial charge is 0.0831 e. The van der Waals surface area contributed by atoms with Gasteiger partial charge in [-0.25, -0.2) is 0 Å². The van der Waals surface area contributed by atoms with Crippen LogP contribution in [0.3, 0.4) is 0 Å². The molecule has 80 valence electrons. The molecule has 3 atom stereocenters. The van der Waals surface area contributed by atoms with E-state index in [4.69, 9.17) is 0 Å². The fraction of sp³-hybridized carbons (Fsp3) is 0.846. The summed E-state index contributed by atoms with van der Waals surface area (Å²) in [6.45, 7) is 6.76. The Morgan fingerprint density at radius 1 is 1.29 bits per heavy atom. The molecule has 0 radical (unpaired) electrons. The number of rotatable bonds is 2. The highest BCUT2D eigenvalue weighted by Crippen LogP contribution is 2.47. The normalized spacial score (nSPS) is 45.1. The van der Waals surface area contributed by atoms with Gasteiger partial charge in [-0.2, -0.15) is 0 Å². The van der Waals surface area contributed by atoms with Crippen molar-refractivity contribution in [2.45, 2.75) is 52.1 Å². The van der Waals surface area contributed by atoms with Crippen LogP contribution in [0.2, 0.25) is 0 Å². The molecule has 1 fully saturated rings. The van der Waals surface area contributed by atoms with Crippen LogP contribution in [0.15, 0.2) is 12.2 Å². The molecule has 0 aromatic rings. The van der Waals surface area contributed by atoms with Gasteiger partial charge in [0.15, 0.2) is 0 Å². The van der Waals surface area contributed by atoms with Crippen molar-refractivity contribution in [2.24, 2.45) is 17.3 Å². The Morgan fingerprint density at radius 3 is 2.36 bits per heavy atom. The zero-order valence-electron chi connectivity index (χ0n) is 9.59. The molecule has 0 bridgehead atoms. The van der Waals surface area contributed by atoms with Crippen molar-refractivity contribution < 1.29 is 5.11 Å². The van der Waals surface area contributed by atoms with Gasteiger partial charge in [-0.15, -0.1) is 0 Å². The zero-order chi connectivity index (χ0) is 10.4. The molecule has 0 spiro atoms. The lowest BCUT2D eigenvalue weighted by Crippen LogP contribution is -2.32. The van der Waals surface area contributed by atoms with Crippen molar-refractivity contribution in [2.75, 3.05) is 0 Å². The lowest BCUT2D eigenvalue weighted by molar-refractivity contribution is 0.0457. The third kappa shape index (κ3) is 2.20. The van der Waals surface area contributed by atoms with E-state index in [9.17, 15) is 5.11 Å². The molecule has 0 heterocycles. The number of hydrogen-bond acceptors (Lipinski definition) is 1. The highest BCUT2D eigenvalue weighted by atomic mass is 16.3. The number of hydrogen-bond donors (Lipinski definition) is 1. The lowest BCUT2D eigenvalue weighted by Gasteiger charge is -2.35. The molecule has 0 aromatic heterocycles. The van der Waals surface area contributed by atoms with Crippen LogP contribution in [0.5, 0.6) is 0 Å². The molecule has 3 unspecified atom stereocenters. The third-order valence-electron chi connectivity index (χ3n) is 3.94. The van der Waals surface area contributed by atoms with Gasteiger partial charge in [0.05, 0.1) is 5.60 Å². The van der Waals surface area contributed by atoms with Gasteiger partial charge in [0.2, 0.25) is 0 Å². The van der Waals surface area contributed by atoms with Gasteiger partial charge in [-0.3, -0.25) is 0 Å². The summed E-state index contributed by atoms with van der Waals surface area (Å²) in [7, 11) is 0. The first-order valence-corrected chi connectivity index (χ1v) is 5.83. The van der Waals surface area contributed by atoms with E-state index < -0.39 is 5.60 Å². The molecule has 14 heavy (non-hydrogen) atoms. The third-order valence-corrected chi connectivity index (χ3v) is 3.94. The monoisotopic (exact) mass is 194 g/mol. The van der Waals surface area contributed by atoms with Gasteiger partial charge < -0.3 is 5.11 Å². The fourth-order valence-corrected chi connectivity index (χ4v) is 2.39. The largest absolute Gasteiger partial charge is 0.386 e. The van der Waals surface area contributed by atoms with E-state index >= 15 is 0 Å². The summed E-state index contributed by atoms with van der Waals surface area (Å²) >= 11 is 0. The van der Waals surface area contributed by atoms with Gasteiger partial charge in [0, 0.05) is 0 Å². The quantitative estimate of drug-likeness (QED) is 0.670. The SMILES string of the molecule is CC1CC1CC1(O)C=CC(C)(C)CC1. The molecule has 0 aromatic carbocycles. The maximum atomic E-state index is 10.3. The van der Waals surface area contributed by atoms with Crippen LogP contribution in [0.1, 0.15) is 46.5 Å². The van der Waals surface area contributed by atoms with Crippen LogP contribution in [-0.2, 0) is 0 Å². The molecule has 1 saturated carbocycles. The average molecular weight is 194 g/mol. The van der Waals surface area contributed by atoms with Gasteiger partial charge >= 0.3 is 0 Å². The second-order valence-corrected chi connectivity index (χ2v) is 6.10. The van der Waals surface area contributed by atoms with Crippen molar-refractivity contribution in [1.29, 1.82) is 0 Å². The maximum absolute atomic E-state index is 10.3. The Labute approximate surface area is 87.2 Å². The molecule has 1 nitrogen and oxygen atoms in total. The highest BCUT2D eigenvalue weighted by molar-refractivity contribution is 5.12. The van der Waals surface area contributed by atoms with E-state index in [-0.39, 0.29) is 0 Å². The van der Waals surface area contributed by atoms with Crippen molar-refractivity contribution >= 4 is 0 Å². The van der Waals surface area contributed by atoms with Crippen molar-refractivity contribution in [3.8, 4) is 0 Å². The van der Waals surface area contributed by atoms with E-state index in [1.165, 1.54) is 6.42 Å². The molecule has 2 rings (SSSR count). The molecule has 0 saturated heterocycles. The van der Waals surface area contributed by atoms with Gasteiger partial charge in [0.1, 0.15) is 0 Å². The van der Waals surface area contributed by atoms with Crippen LogP contribution in [0.4, 0.5) is 0 Å². The van der Waals surface area contributed by atoms with Crippen molar-refractivity contribution in [3.05, 3.63) is 12.2 Å². The molecule has 2 aliphatic carbocycles. The standard InChI is InChI=1S/C13H22O/c1-10-8-11(10)9-13(14)6-4-12(2,3)5-7-13/h4,6,10-11,14H,5,7-9H2,1-3H3. The average Bonchev–Trinajstić information content (AvgIpc) is 2.74. The summed E-state index contributed by atoms with van der Waals surface area (Å²) in [4.78, 5) is 0. The minimum atomic E-state index is -0.481. The molecule has 1 heteroatoms. The molecule has 1 N–H and O–H groups in total. The van der Waals surface area contributed by atoms with E-state index in [2.05, 4.69) is 32.9 Å². The van der Waals surface area contributed by atoms with Crippen LogP contribution >= 0.6 is 0 Å². The molecular weight excluding hydrogens is 172 g/mol. The maximum Gasteiger partial charge on any atom is 0.0831 e. The van der Waals surface area contributed by atoms with Crippen LogP contribution in [0, 0.1) is 17.3 Å². The van der Waals surface area contributed by atoms with Crippen LogP contribution in [0.25, 0.3) is 0 Å². The first-order chi connectivity index (χ1) is 6.40. The van der Waals surface area contributed by atoms with E-state index in [1.807, 2.05) is 0 Å². The molecule has 2 aliphatic rings. The lowest BCUT2D eigenvalue weighted by atomic mass is 9.75.